The molecule has 0 spiro atoms. The maximum absolute atomic E-state index is 11.9. The number of phosphoric ester groups is 1. The highest BCUT2D eigenvalue weighted by Gasteiger charge is 2.47. The maximum Gasteiger partial charge on any atom is 0.490 e. The fourth-order valence-electron chi connectivity index (χ4n) is 3.01. The van der Waals surface area contributed by atoms with Crippen molar-refractivity contribution in [2.45, 2.75) is 18.4 Å². The van der Waals surface area contributed by atoms with Crippen LogP contribution in [0.5, 0.6) is 0 Å². The molecule has 1 aliphatic heterocycles. The van der Waals surface area contributed by atoms with Crippen LogP contribution < -0.4 is 11.3 Å². The van der Waals surface area contributed by atoms with Crippen LogP contribution in [-0.4, -0.2) is 74.7 Å². The number of nitrogen functional groups attached to an aromatic ring is 1. The number of aliphatic hydroxyl groups is 2. The number of fused-ring (bicyclic) bond motifs is 1. The van der Waals surface area contributed by atoms with Crippen LogP contribution in [0.3, 0.4) is 0 Å². The van der Waals surface area contributed by atoms with Gasteiger partial charge in [-0.1, -0.05) is 0 Å². The van der Waals surface area contributed by atoms with Crippen LogP contribution in [0.1, 0.15) is 6.23 Å². The van der Waals surface area contributed by atoms with Crippen LogP contribution in [-0.2, 0) is 31.6 Å². The van der Waals surface area contributed by atoms with Gasteiger partial charge in [-0.15, -0.1) is 0 Å². The topological polar surface area (TPSA) is 299 Å². The molecule has 1 fully saturated rings. The molecule has 0 aliphatic carbocycles. The first-order valence-electron chi connectivity index (χ1n) is 8.57. The van der Waals surface area contributed by atoms with E-state index < -0.39 is 66.6 Å². The Morgan fingerprint density at radius 1 is 1.18 bits per heavy atom. The van der Waals surface area contributed by atoms with E-state index in [9.17, 15) is 38.5 Å². The van der Waals surface area contributed by atoms with Gasteiger partial charge in [0.25, 0.3) is 5.56 Å². The highest BCUT2D eigenvalue weighted by Crippen LogP contribution is 2.66. The van der Waals surface area contributed by atoms with E-state index in [2.05, 4.69) is 28.1 Å². The summed E-state index contributed by atoms with van der Waals surface area (Å²) in [6, 6.07) is 0. The molecule has 1 saturated heterocycles. The Morgan fingerprint density at radius 2 is 1.85 bits per heavy atom. The SMILES string of the molecule is Nc1nc2c(ncn2C2OC(COP(=O)(O)OP(=O)(O)OP(=O)(O)O)C(CO)C2O)c(=O)[nH]1. The molecule has 0 aromatic carbocycles. The summed E-state index contributed by atoms with van der Waals surface area (Å²) < 4.78 is 52.3. The van der Waals surface area contributed by atoms with Crippen LogP contribution in [0.15, 0.2) is 11.1 Å². The van der Waals surface area contributed by atoms with Crippen molar-refractivity contribution in [3.63, 3.8) is 0 Å². The lowest BCUT2D eigenvalue weighted by atomic mass is 9.99. The van der Waals surface area contributed by atoms with Gasteiger partial charge in [-0.25, -0.2) is 18.7 Å². The number of nitrogens with zero attached hydrogens (tertiary/aromatic N) is 3. The second-order valence-electron chi connectivity index (χ2n) is 6.56. The fourth-order valence-corrected chi connectivity index (χ4v) is 6.04. The normalized spacial score (nSPS) is 27.5. The van der Waals surface area contributed by atoms with E-state index in [0.29, 0.717) is 0 Å². The van der Waals surface area contributed by atoms with Gasteiger partial charge in [-0.2, -0.15) is 13.6 Å². The number of aromatic amines is 1. The number of rotatable bonds is 9. The predicted molar refractivity (Wildman–Crippen MR) is 103 cm³/mol. The van der Waals surface area contributed by atoms with Gasteiger partial charge in [-0.05, 0) is 0 Å². The largest absolute Gasteiger partial charge is 0.490 e. The Labute approximate surface area is 182 Å². The molecule has 3 rings (SSSR count). The standard InChI is InChI=1S/C11H18N5O14P3/c12-11-14-8-6(9(19)15-11)13-3-16(8)10-7(18)4(1-17)5(28-10)2-27-32(23,24)30-33(25,26)29-31(20,21)22/h3-5,7,10,17-18H,1-2H2,(H,23,24)(H,25,26)(H2,20,21,22)(H3,12,14,15,19). The molecule has 6 unspecified atom stereocenters. The van der Waals surface area contributed by atoms with Crippen molar-refractivity contribution in [3.8, 4) is 0 Å². The van der Waals surface area contributed by atoms with Crippen molar-refractivity contribution >= 4 is 40.6 Å². The molecule has 0 bridgehead atoms. The van der Waals surface area contributed by atoms with E-state index in [1.165, 1.54) is 0 Å². The van der Waals surface area contributed by atoms with Crippen molar-refractivity contribution in [1.29, 1.82) is 0 Å². The summed E-state index contributed by atoms with van der Waals surface area (Å²) in [4.78, 5) is 57.7. The van der Waals surface area contributed by atoms with E-state index in [4.69, 9.17) is 20.3 Å². The van der Waals surface area contributed by atoms with Crippen molar-refractivity contribution in [3.05, 3.63) is 16.7 Å². The minimum Gasteiger partial charge on any atom is -0.396 e. The number of aromatic nitrogens is 4. The van der Waals surface area contributed by atoms with Crippen LogP contribution in [0, 0.1) is 5.92 Å². The summed E-state index contributed by atoms with van der Waals surface area (Å²) in [7, 11) is -16.7. The number of nitrogens with two attached hydrogens (primary N) is 1. The summed E-state index contributed by atoms with van der Waals surface area (Å²) in [5.74, 6) is -1.40. The summed E-state index contributed by atoms with van der Waals surface area (Å²) in [5, 5.41) is 20.1. The highest BCUT2D eigenvalue weighted by atomic mass is 31.3. The number of anilines is 1. The van der Waals surface area contributed by atoms with E-state index in [-0.39, 0.29) is 17.1 Å². The van der Waals surface area contributed by atoms with E-state index in [1.54, 1.807) is 0 Å². The smallest absolute Gasteiger partial charge is 0.396 e. The molecule has 0 amide bonds. The quantitative estimate of drug-likeness (QED) is 0.159. The van der Waals surface area contributed by atoms with Crippen LogP contribution in [0.4, 0.5) is 5.95 Å². The Bertz CT molecular complexity index is 1230. The minimum atomic E-state index is -5.73. The van der Waals surface area contributed by atoms with Gasteiger partial charge in [0.15, 0.2) is 17.4 Å². The number of phosphoric acid groups is 3. The lowest BCUT2D eigenvalue weighted by molar-refractivity contribution is -0.0490. The van der Waals surface area contributed by atoms with Gasteiger partial charge in [0.2, 0.25) is 5.95 Å². The van der Waals surface area contributed by atoms with Crippen molar-refractivity contribution in [2.24, 2.45) is 5.92 Å². The van der Waals surface area contributed by atoms with Gasteiger partial charge in [0, 0.05) is 5.92 Å². The molecule has 0 radical (unpaired) electrons. The molecule has 6 atom stereocenters. The number of hydrogen-bond acceptors (Lipinski definition) is 13. The summed E-state index contributed by atoms with van der Waals surface area (Å²) in [6.07, 6.45) is -3.03. The number of nitrogens with one attached hydrogen (secondary N) is 1. The summed E-state index contributed by atoms with van der Waals surface area (Å²) >= 11 is 0. The van der Waals surface area contributed by atoms with E-state index in [0.717, 1.165) is 10.9 Å². The molecule has 186 valence electrons. The Hall–Kier alpha value is -1.56. The monoisotopic (exact) mass is 537 g/mol. The van der Waals surface area contributed by atoms with Gasteiger partial charge in [-0.3, -0.25) is 18.9 Å². The number of imidazole rings is 1. The molecule has 1 aliphatic rings. The zero-order valence-electron chi connectivity index (χ0n) is 16.0. The molecular formula is C11H18N5O14P3. The number of hydrogen-bond donors (Lipinski definition) is 8. The molecule has 9 N–H and O–H groups in total. The third-order valence-electron chi connectivity index (χ3n) is 4.28. The average Bonchev–Trinajstić information content (AvgIpc) is 3.17. The molecule has 19 nitrogen and oxygen atoms in total. The molecule has 3 heterocycles. The molecular weight excluding hydrogens is 519 g/mol. The van der Waals surface area contributed by atoms with Crippen LogP contribution in [0.25, 0.3) is 11.2 Å². The molecule has 2 aromatic heterocycles. The first kappa shape index (κ1) is 26.1. The zero-order valence-corrected chi connectivity index (χ0v) is 18.7. The minimum absolute atomic E-state index is 0.0782. The second kappa shape index (κ2) is 9.24. The first-order valence-corrected chi connectivity index (χ1v) is 13.1. The van der Waals surface area contributed by atoms with Crippen molar-refractivity contribution in [2.75, 3.05) is 18.9 Å². The summed E-state index contributed by atoms with van der Waals surface area (Å²) in [6.45, 7) is -1.63. The van der Waals surface area contributed by atoms with E-state index in [1.807, 2.05) is 0 Å². The highest BCUT2D eigenvalue weighted by molar-refractivity contribution is 7.66. The van der Waals surface area contributed by atoms with E-state index >= 15 is 0 Å². The van der Waals surface area contributed by atoms with Crippen molar-refractivity contribution < 1.29 is 61.4 Å². The third kappa shape index (κ3) is 6.12. The van der Waals surface area contributed by atoms with Gasteiger partial charge < -0.3 is 40.3 Å². The molecule has 2 aromatic rings. The number of H-pyrrole nitrogens is 1. The Kier molecular flexibility index (Phi) is 7.29. The Morgan fingerprint density at radius 3 is 2.45 bits per heavy atom. The lowest BCUT2D eigenvalue weighted by Crippen LogP contribution is -2.31. The number of aliphatic hydroxyl groups excluding tert-OH is 2. The zero-order chi connectivity index (χ0) is 24.8. The molecule has 22 heteroatoms. The van der Waals surface area contributed by atoms with Crippen molar-refractivity contribution in [1.82, 2.24) is 19.5 Å². The third-order valence-corrected chi connectivity index (χ3v) is 8.08. The van der Waals surface area contributed by atoms with Gasteiger partial charge in [0.05, 0.1) is 25.6 Å². The average molecular weight is 537 g/mol. The van der Waals surface area contributed by atoms with Crippen LogP contribution >= 0.6 is 23.5 Å². The van der Waals surface area contributed by atoms with Crippen LogP contribution in [0.2, 0.25) is 0 Å². The first-order chi connectivity index (χ1) is 15.1. The lowest BCUT2D eigenvalue weighted by Gasteiger charge is -2.20. The second-order valence-corrected chi connectivity index (χ2v) is 11.0. The van der Waals surface area contributed by atoms with Gasteiger partial charge in [0.1, 0.15) is 6.10 Å². The molecule has 33 heavy (non-hydrogen) atoms. The fraction of sp³-hybridized carbons (Fsp3) is 0.545. The van der Waals surface area contributed by atoms with Gasteiger partial charge >= 0.3 is 23.5 Å². The predicted octanol–water partition coefficient (Wildman–Crippen LogP) is -2.09. The number of ether oxygens (including phenoxy) is 1. The summed E-state index contributed by atoms with van der Waals surface area (Å²) in [5.41, 5.74) is 4.61. The molecule has 0 saturated carbocycles. The maximum atomic E-state index is 11.9. The Balaban J connectivity index is 1.76.